The summed E-state index contributed by atoms with van der Waals surface area (Å²) >= 11 is 6.35. The first-order valence-electron chi connectivity index (χ1n) is 6.68. The predicted octanol–water partition coefficient (Wildman–Crippen LogP) is 3.17. The zero-order chi connectivity index (χ0) is 17.6. The molecule has 1 aromatic carbocycles. The zero-order valence-corrected chi connectivity index (χ0v) is 15.5. The van der Waals surface area contributed by atoms with Gasteiger partial charge in [0.2, 0.25) is 5.69 Å². The van der Waals surface area contributed by atoms with E-state index in [1.54, 1.807) is 36.5 Å². The van der Waals surface area contributed by atoms with Crippen LogP contribution < -0.4 is 0 Å². The Bertz CT molecular complexity index is 693. The second kappa shape index (κ2) is 8.55. The third-order valence-corrected chi connectivity index (χ3v) is 8.63. The smallest absolute Gasteiger partial charge is 0.262 e. The minimum Gasteiger partial charge on any atom is -0.365 e. The van der Waals surface area contributed by atoms with Gasteiger partial charge in [-0.25, -0.2) is 0 Å². The normalized spacial score (nSPS) is 13.5. The number of imide groups is 1. The van der Waals surface area contributed by atoms with Gasteiger partial charge in [-0.05, 0) is 41.4 Å². The maximum absolute atomic E-state index is 12.1. The van der Waals surface area contributed by atoms with Gasteiger partial charge in [-0.15, -0.1) is 0 Å². The first kappa shape index (κ1) is 18.8. The first-order chi connectivity index (χ1) is 11.5. The number of hydrogen-bond acceptors (Lipinski definition) is 8. The topological polar surface area (TPSA) is 81.9 Å². The Hall–Kier alpha value is -1.51. The molecule has 0 fully saturated rings. The van der Waals surface area contributed by atoms with Crippen LogP contribution in [0.5, 0.6) is 0 Å². The highest BCUT2D eigenvalue weighted by Gasteiger charge is 2.36. The third-order valence-electron chi connectivity index (χ3n) is 3.02. The Kier molecular flexibility index (Phi) is 6.70. The van der Waals surface area contributed by atoms with Gasteiger partial charge < -0.3 is 13.6 Å². The van der Waals surface area contributed by atoms with Crippen molar-refractivity contribution < 1.29 is 23.2 Å². The van der Waals surface area contributed by atoms with Crippen LogP contribution in [0.1, 0.15) is 20.7 Å². The van der Waals surface area contributed by atoms with Crippen LogP contribution in [0, 0.1) is 0 Å². The Morgan fingerprint density at radius 2 is 1.75 bits per heavy atom. The van der Waals surface area contributed by atoms with Crippen LogP contribution in [0.15, 0.2) is 47.3 Å². The lowest BCUT2D eigenvalue weighted by Gasteiger charge is -2.20. The molecule has 7 nitrogen and oxygen atoms in total. The third kappa shape index (κ3) is 4.31. The van der Waals surface area contributed by atoms with Crippen molar-refractivity contribution in [3.05, 3.63) is 53.9 Å². The number of aromatic nitrogens is 1. The highest BCUT2D eigenvalue weighted by Crippen LogP contribution is 2.60. The molecule has 0 spiro atoms. The Labute approximate surface area is 148 Å². The molecule has 0 aliphatic carbocycles. The molecule has 0 bridgehead atoms. The summed E-state index contributed by atoms with van der Waals surface area (Å²) in [7, 11) is 2.92. The molecule has 0 saturated carbocycles. The highest BCUT2D eigenvalue weighted by atomic mass is 32.9. The molecule has 24 heavy (non-hydrogen) atoms. The van der Waals surface area contributed by atoms with Crippen molar-refractivity contribution >= 4 is 40.7 Å². The monoisotopic (exact) mass is 386 g/mol. The summed E-state index contributed by atoms with van der Waals surface area (Å²) in [6, 6.07) is 8.47. The maximum Gasteiger partial charge on any atom is 0.262 e. The fourth-order valence-corrected chi connectivity index (χ4v) is 4.52. The fraction of sp³-hybridized carbons (Fsp3) is 0.214. The van der Waals surface area contributed by atoms with Gasteiger partial charge in [0.25, 0.3) is 11.8 Å². The molecule has 0 atom stereocenters. The fourth-order valence-electron chi connectivity index (χ4n) is 1.84. The number of carbonyl (C=O) groups is 2. The quantitative estimate of drug-likeness (QED) is 0.573. The van der Waals surface area contributed by atoms with Crippen LogP contribution >= 0.6 is 17.1 Å². The number of benzene rings is 1. The van der Waals surface area contributed by atoms with Crippen molar-refractivity contribution in [1.82, 2.24) is 10.1 Å². The van der Waals surface area contributed by atoms with Gasteiger partial charge in [0.1, 0.15) is 6.26 Å². The van der Waals surface area contributed by atoms with Crippen LogP contribution in [0.3, 0.4) is 0 Å². The molecule has 3 rings (SSSR count). The average Bonchev–Trinajstić information content (AvgIpc) is 3.27. The molecule has 128 valence electrons. The summed E-state index contributed by atoms with van der Waals surface area (Å²) in [6.45, 7) is 0. The molecular weight excluding hydrogens is 371 g/mol. The molecule has 1 aromatic heterocycles. The summed E-state index contributed by atoms with van der Waals surface area (Å²) in [5.41, 5.74) is -1.62. The highest BCUT2D eigenvalue weighted by molar-refractivity contribution is 8.67. The van der Waals surface area contributed by atoms with E-state index in [2.05, 4.69) is 9.68 Å². The van der Waals surface area contributed by atoms with E-state index < -0.39 is 5.69 Å². The van der Waals surface area contributed by atoms with E-state index in [9.17, 15) is 9.59 Å². The number of hydrogen-bond donors (Lipinski definition) is 0. The second-order valence-corrected chi connectivity index (χ2v) is 10.8. The summed E-state index contributed by atoms with van der Waals surface area (Å²) in [4.78, 5) is 25.3. The van der Waals surface area contributed by atoms with Gasteiger partial charge >= 0.3 is 0 Å². The van der Waals surface area contributed by atoms with Crippen molar-refractivity contribution in [1.29, 1.82) is 0 Å². The first-order valence-corrected chi connectivity index (χ1v) is 10.9. The van der Waals surface area contributed by atoms with E-state index in [-0.39, 0.29) is 17.7 Å². The predicted molar refractivity (Wildman–Crippen MR) is 94.2 cm³/mol. The van der Waals surface area contributed by atoms with E-state index in [0.29, 0.717) is 11.1 Å². The molecule has 1 aliphatic rings. The number of carbonyl (C=O) groups excluding carboxylic acids is 2. The minimum absolute atomic E-state index is 0.130. The van der Waals surface area contributed by atoms with Gasteiger partial charge in [-0.1, -0.05) is 17.3 Å². The summed E-state index contributed by atoms with van der Waals surface area (Å²) in [6.07, 6.45) is 3.10. The molecule has 2 heterocycles. The van der Waals surface area contributed by atoms with E-state index in [4.69, 9.17) is 20.9 Å². The molecule has 10 heteroatoms. The molecular formula is C14H15N2O5PS2. The Morgan fingerprint density at radius 3 is 2.12 bits per heavy atom. The number of nitrogens with zero attached hydrogens (tertiary/aromatic N) is 2. The molecule has 0 N–H and O–H groups in total. The lowest BCUT2D eigenvalue weighted by atomic mass is 10.1. The standard InChI is InChI=1S/C11H12NO4PS2.C3H3NO/c1-15-17(18,16-2)19-7-12-10(13)8-5-3-4-6-9(8)11(12)14;1-2-4-5-3-1/h3-6H,7H2,1-2H3;1-3H. The number of rotatable bonds is 5. The summed E-state index contributed by atoms with van der Waals surface area (Å²) in [5.74, 6) is -0.477. The maximum atomic E-state index is 12.1. The van der Waals surface area contributed by atoms with Gasteiger partial charge in [0.05, 0.1) is 23.2 Å². The van der Waals surface area contributed by atoms with E-state index in [1.807, 2.05) is 0 Å². The minimum atomic E-state index is -2.48. The molecule has 2 aromatic rings. The van der Waals surface area contributed by atoms with Gasteiger partial charge in [-0.2, -0.15) is 0 Å². The van der Waals surface area contributed by atoms with E-state index in [1.165, 1.54) is 20.5 Å². The van der Waals surface area contributed by atoms with Crippen LogP contribution in [-0.4, -0.2) is 42.0 Å². The van der Waals surface area contributed by atoms with Gasteiger partial charge in [0, 0.05) is 14.2 Å². The van der Waals surface area contributed by atoms with Crippen LogP contribution in [0.25, 0.3) is 0 Å². The Balaban J connectivity index is 0.000000355. The van der Waals surface area contributed by atoms with Crippen LogP contribution in [0.4, 0.5) is 0 Å². The molecule has 1 aliphatic heterocycles. The molecule has 0 unspecified atom stereocenters. The largest absolute Gasteiger partial charge is 0.365 e. The number of amides is 2. The molecule has 2 amide bonds. The number of fused-ring (bicyclic) bond motifs is 1. The van der Waals surface area contributed by atoms with E-state index in [0.717, 1.165) is 16.3 Å². The van der Waals surface area contributed by atoms with Gasteiger partial charge in [0.15, 0.2) is 0 Å². The Morgan fingerprint density at radius 1 is 1.17 bits per heavy atom. The summed E-state index contributed by atoms with van der Waals surface area (Å²) in [5, 5.41) is 3.35. The van der Waals surface area contributed by atoms with Crippen molar-refractivity contribution in [3.8, 4) is 0 Å². The van der Waals surface area contributed by atoms with Crippen molar-refractivity contribution in [3.63, 3.8) is 0 Å². The van der Waals surface area contributed by atoms with E-state index >= 15 is 0 Å². The SMILES string of the molecule is COP(=S)(OC)SCN1C(=O)c2ccccc2C1=O.c1cnoc1. The van der Waals surface area contributed by atoms with Gasteiger partial charge in [-0.3, -0.25) is 14.5 Å². The lowest BCUT2D eigenvalue weighted by Crippen LogP contribution is -2.29. The molecule has 0 radical (unpaired) electrons. The second-order valence-electron chi connectivity index (χ2n) is 4.34. The van der Waals surface area contributed by atoms with Crippen molar-refractivity contribution in [2.24, 2.45) is 0 Å². The average molecular weight is 386 g/mol. The lowest BCUT2D eigenvalue weighted by molar-refractivity contribution is 0.0684. The summed E-state index contributed by atoms with van der Waals surface area (Å²) < 4.78 is 14.6. The van der Waals surface area contributed by atoms with Crippen molar-refractivity contribution in [2.75, 3.05) is 20.1 Å². The van der Waals surface area contributed by atoms with Crippen molar-refractivity contribution in [2.45, 2.75) is 0 Å². The van der Waals surface area contributed by atoms with Crippen LogP contribution in [0.2, 0.25) is 0 Å². The zero-order valence-electron chi connectivity index (χ0n) is 12.9. The van der Waals surface area contributed by atoms with Crippen LogP contribution in [-0.2, 0) is 20.9 Å². The molecule has 0 saturated heterocycles.